The summed E-state index contributed by atoms with van der Waals surface area (Å²) in [6, 6.07) is 18.0. The van der Waals surface area contributed by atoms with Crippen molar-refractivity contribution in [1.82, 2.24) is 20.4 Å². The van der Waals surface area contributed by atoms with Gasteiger partial charge in [-0.25, -0.2) is 0 Å². The van der Waals surface area contributed by atoms with Crippen LogP contribution in [-0.4, -0.2) is 46.2 Å². The molecular weight excluding hydrogens is 324 g/mol. The lowest BCUT2D eigenvalue weighted by molar-refractivity contribution is 0.0645. The number of nitrogens with zero attached hydrogens (tertiary/aromatic N) is 3. The molecule has 1 saturated heterocycles. The third-order valence-corrected chi connectivity index (χ3v) is 4.81. The van der Waals surface area contributed by atoms with Crippen molar-refractivity contribution in [3.63, 3.8) is 0 Å². The highest BCUT2D eigenvalue weighted by atomic mass is 16.2. The van der Waals surface area contributed by atoms with Gasteiger partial charge in [-0.05, 0) is 36.8 Å². The summed E-state index contributed by atoms with van der Waals surface area (Å²) in [4.78, 5) is 14.6. The lowest BCUT2D eigenvalue weighted by Gasteiger charge is -2.38. The number of nitrogens with one attached hydrogen (secondary N) is 1. The average Bonchev–Trinajstić information content (AvgIpc) is 2.66. The molecule has 1 aromatic heterocycles. The van der Waals surface area contributed by atoms with Crippen LogP contribution in [0.1, 0.15) is 24.3 Å². The average molecular weight is 346 g/mol. The van der Waals surface area contributed by atoms with Gasteiger partial charge in [-0.3, -0.25) is 4.79 Å². The first-order valence-electron chi connectivity index (χ1n) is 8.90. The van der Waals surface area contributed by atoms with Crippen molar-refractivity contribution in [3.8, 4) is 11.3 Å². The zero-order valence-corrected chi connectivity index (χ0v) is 15.1. The molecule has 0 saturated carbocycles. The zero-order valence-electron chi connectivity index (χ0n) is 15.1. The SMILES string of the molecule is CC1(C)CN(C(=O)c2ccc(-c3cccc4ccccc34)nn2)CCN1. The van der Waals surface area contributed by atoms with E-state index in [1.807, 2.05) is 35.2 Å². The van der Waals surface area contributed by atoms with E-state index in [-0.39, 0.29) is 11.4 Å². The van der Waals surface area contributed by atoms with Crippen molar-refractivity contribution in [3.05, 3.63) is 60.3 Å². The fourth-order valence-electron chi connectivity index (χ4n) is 3.52. The largest absolute Gasteiger partial charge is 0.334 e. The number of hydrogen-bond donors (Lipinski definition) is 1. The van der Waals surface area contributed by atoms with Gasteiger partial charge in [0.1, 0.15) is 0 Å². The first-order valence-corrected chi connectivity index (χ1v) is 8.90. The molecule has 132 valence electrons. The first-order chi connectivity index (χ1) is 12.5. The van der Waals surface area contributed by atoms with E-state index < -0.39 is 0 Å². The van der Waals surface area contributed by atoms with Crippen LogP contribution in [0.3, 0.4) is 0 Å². The van der Waals surface area contributed by atoms with Gasteiger partial charge < -0.3 is 10.2 Å². The number of fused-ring (bicyclic) bond motifs is 1. The maximum atomic E-state index is 12.7. The summed E-state index contributed by atoms with van der Waals surface area (Å²) >= 11 is 0. The van der Waals surface area contributed by atoms with Gasteiger partial charge in [0.05, 0.1) is 5.69 Å². The minimum absolute atomic E-state index is 0.0588. The van der Waals surface area contributed by atoms with E-state index in [9.17, 15) is 4.79 Å². The molecule has 0 atom stereocenters. The summed E-state index contributed by atoms with van der Waals surface area (Å²) in [7, 11) is 0. The van der Waals surface area contributed by atoms with Crippen LogP contribution in [0.15, 0.2) is 54.6 Å². The molecule has 1 amide bonds. The van der Waals surface area contributed by atoms with Crippen LogP contribution in [0.5, 0.6) is 0 Å². The molecule has 0 bridgehead atoms. The normalized spacial score (nSPS) is 16.6. The molecule has 3 aromatic rings. The van der Waals surface area contributed by atoms with Crippen LogP contribution in [0.25, 0.3) is 22.0 Å². The molecule has 5 heteroatoms. The molecule has 1 N–H and O–H groups in total. The van der Waals surface area contributed by atoms with Crippen molar-refractivity contribution in [2.75, 3.05) is 19.6 Å². The summed E-state index contributed by atoms with van der Waals surface area (Å²) in [5.41, 5.74) is 2.12. The van der Waals surface area contributed by atoms with Crippen molar-refractivity contribution >= 4 is 16.7 Å². The predicted molar refractivity (Wildman–Crippen MR) is 103 cm³/mol. The minimum atomic E-state index is -0.0791. The second kappa shape index (κ2) is 6.50. The Morgan fingerprint density at radius 1 is 1.04 bits per heavy atom. The highest BCUT2D eigenvalue weighted by Crippen LogP contribution is 2.26. The number of rotatable bonds is 2. The standard InChI is InChI=1S/C21H22N4O/c1-21(2)14-25(13-12-22-21)20(26)19-11-10-18(23-24-19)17-9-5-7-15-6-3-4-8-16(15)17/h3-11,22H,12-14H2,1-2H3. The third kappa shape index (κ3) is 3.18. The maximum Gasteiger partial charge on any atom is 0.274 e. The maximum absolute atomic E-state index is 12.7. The van der Waals surface area contributed by atoms with Crippen LogP contribution >= 0.6 is 0 Å². The van der Waals surface area contributed by atoms with E-state index in [1.165, 1.54) is 0 Å². The molecule has 5 nitrogen and oxygen atoms in total. The molecule has 2 aromatic carbocycles. The number of hydrogen-bond acceptors (Lipinski definition) is 4. The molecule has 1 fully saturated rings. The fraction of sp³-hybridized carbons (Fsp3) is 0.286. The summed E-state index contributed by atoms with van der Waals surface area (Å²) < 4.78 is 0. The topological polar surface area (TPSA) is 58.1 Å². The first kappa shape index (κ1) is 16.7. The van der Waals surface area contributed by atoms with Gasteiger partial charge in [-0.2, -0.15) is 0 Å². The third-order valence-electron chi connectivity index (χ3n) is 4.81. The van der Waals surface area contributed by atoms with Crippen LogP contribution in [0, 0.1) is 0 Å². The van der Waals surface area contributed by atoms with Crippen LogP contribution in [-0.2, 0) is 0 Å². The Morgan fingerprint density at radius 3 is 2.62 bits per heavy atom. The summed E-state index contributed by atoms with van der Waals surface area (Å²) in [6.07, 6.45) is 0. The zero-order chi connectivity index (χ0) is 18.1. The molecule has 0 spiro atoms. The highest BCUT2D eigenvalue weighted by Gasteiger charge is 2.29. The van der Waals surface area contributed by atoms with Gasteiger partial charge in [0, 0.05) is 30.7 Å². The van der Waals surface area contributed by atoms with Crippen molar-refractivity contribution in [1.29, 1.82) is 0 Å². The smallest absolute Gasteiger partial charge is 0.274 e. The monoisotopic (exact) mass is 346 g/mol. The van der Waals surface area contributed by atoms with Gasteiger partial charge >= 0.3 is 0 Å². The van der Waals surface area contributed by atoms with Crippen LogP contribution in [0.4, 0.5) is 0 Å². The number of benzene rings is 2. The second-order valence-corrected chi connectivity index (χ2v) is 7.37. The van der Waals surface area contributed by atoms with Gasteiger partial charge in [0.15, 0.2) is 5.69 Å². The van der Waals surface area contributed by atoms with E-state index in [0.717, 1.165) is 28.6 Å². The van der Waals surface area contributed by atoms with Crippen molar-refractivity contribution in [2.45, 2.75) is 19.4 Å². The van der Waals surface area contributed by atoms with Gasteiger partial charge in [0.25, 0.3) is 5.91 Å². The Hall–Kier alpha value is -2.79. The molecule has 26 heavy (non-hydrogen) atoms. The highest BCUT2D eigenvalue weighted by molar-refractivity contribution is 5.96. The van der Waals surface area contributed by atoms with E-state index in [1.54, 1.807) is 6.07 Å². The number of carbonyl (C=O) groups is 1. The Bertz CT molecular complexity index is 944. The molecule has 0 unspecified atom stereocenters. The number of piperazine rings is 1. The summed E-state index contributed by atoms with van der Waals surface area (Å²) in [6.45, 7) is 6.34. The Labute approximate surface area is 153 Å². The second-order valence-electron chi connectivity index (χ2n) is 7.37. The molecule has 1 aliphatic rings. The van der Waals surface area contributed by atoms with Crippen LogP contribution in [0.2, 0.25) is 0 Å². The van der Waals surface area contributed by atoms with Gasteiger partial charge in [-0.1, -0.05) is 42.5 Å². The van der Waals surface area contributed by atoms with Crippen LogP contribution < -0.4 is 5.32 Å². The summed E-state index contributed by atoms with van der Waals surface area (Å²) in [5.74, 6) is -0.0588. The van der Waals surface area contributed by atoms with Gasteiger partial charge in [0.2, 0.25) is 0 Å². The number of aromatic nitrogens is 2. The quantitative estimate of drug-likeness (QED) is 0.774. The number of carbonyl (C=O) groups excluding carboxylic acids is 1. The van der Waals surface area contributed by atoms with Gasteiger partial charge in [-0.15, -0.1) is 10.2 Å². The molecular formula is C21H22N4O. The lowest BCUT2D eigenvalue weighted by atomic mass is 10.0. The lowest BCUT2D eigenvalue weighted by Crippen LogP contribution is -2.58. The van der Waals surface area contributed by atoms with E-state index >= 15 is 0 Å². The molecule has 4 rings (SSSR count). The van der Waals surface area contributed by atoms with E-state index in [2.05, 4.69) is 47.6 Å². The molecule has 1 aliphatic heterocycles. The predicted octanol–water partition coefficient (Wildman–Crippen LogP) is 3.12. The Kier molecular flexibility index (Phi) is 4.17. The Morgan fingerprint density at radius 2 is 1.85 bits per heavy atom. The minimum Gasteiger partial charge on any atom is -0.334 e. The summed E-state index contributed by atoms with van der Waals surface area (Å²) in [5, 5.41) is 14.3. The van der Waals surface area contributed by atoms with E-state index in [4.69, 9.17) is 0 Å². The fourth-order valence-corrected chi connectivity index (χ4v) is 3.52. The molecule has 0 radical (unpaired) electrons. The molecule has 2 heterocycles. The molecule has 0 aliphatic carbocycles. The Balaban J connectivity index is 1.61. The van der Waals surface area contributed by atoms with E-state index in [0.29, 0.717) is 18.8 Å². The van der Waals surface area contributed by atoms with Crippen molar-refractivity contribution in [2.24, 2.45) is 0 Å². The van der Waals surface area contributed by atoms with Crippen molar-refractivity contribution < 1.29 is 4.79 Å². The number of amides is 1.